The van der Waals surface area contributed by atoms with Crippen molar-refractivity contribution in [3.8, 4) is 0 Å². The molecule has 0 aliphatic carbocycles. The highest BCUT2D eigenvalue weighted by Crippen LogP contribution is 2.30. The Kier molecular flexibility index (Phi) is 4.00. The molecule has 1 atom stereocenters. The van der Waals surface area contributed by atoms with Gasteiger partial charge in [0.15, 0.2) is 0 Å². The Bertz CT molecular complexity index is 400. The van der Waals surface area contributed by atoms with Crippen molar-refractivity contribution in [2.75, 3.05) is 23.0 Å². The third-order valence-electron chi connectivity index (χ3n) is 2.56. The normalized spacial score (nSPS) is 20.9. The molecule has 1 fully saturated rings. The van der Waals surface area contributed by atoms with Crippen LogP contribution < -0.4 is 4.90 Å². The molecular weight excluding hydrogens is 265 g/mol. The Labute approximate surface area is 109 Å². The van der Waals surface area contributed by atoms with Crippen molar-refractivity contribution in [2.24, 2.45) is 0 Å². The van der Waals surface area contributed by atoms with E-state index in [1.165, 1.54) is 0 Å². The van der Waals surface area contributed by atoms with E-state index in [1.54, 1.807) is 17.8 Å². The number of hydrogen-bond acceptors (Lipinski definition) is 3. The van der Waals surface area contributed by atoms with Crippen LogP contribution in [0.3, 0.4) is 0 Å². The third-order valence-corrected chi connectivity index (χ3v) is 4.34. The van der Waals surface area contributed by atoms with Gasteiger partial charge in [0.25, 0.3) is 0 Å². The lowest BCUT2D eigenvalue weighted by molar-refractivity contribution is -0.108. The number of rotatable bonds is 2. The first kappa shape index (κ1) is 12.1. The van der Waals surface area contributed by atoms with Crippen LogP contribution in [0.25, 0.3) is 0 Å². The molecule has 0 aromatic heterocycles. The summed E-state index contributed by atoms with van der Waals surface area (Å²) in [5, 5.41) is 1.07. The highest BCUT2D eigenvalue weighted by atomic mass is 35.5. The monoisotopic (exact) mass is 275 g/mol. The lowest BCUT2D eigenvalue weighted by Gasteiger charge is -2.34. The predicted molar refractivity (Wildman–Crippen MR) is 71.0 cm³/mol. The van der Waals surface area contributed by atoms with Crippen LogP contribution in [0, 0.1) is 0 Å². The van der Waals surface area contributed by atoms with Gasteiger partial charge >= 0.3 is 0 Å². The summed E-state index contributed by atoms with van der Waals surface area (Å²) in [5.74, 6) is 1.87. The molecule has 1 aliphatic heterocycles. The van der Waals surface area contributed by atoms with Crippen LogP contribution in [-0.4, -0.2) is 30.4 Å². The fourth-order valence-corrected chi connectivity index (χ4v) is 3.00. The molecule has 86 valence electrons. The van der Waals surface area contributed by atoms with Crippen LogP contribution in [0.4, 0.5) is 5.69 Å². The van der Waals surface area contributed by atoms with E-state index >= 15 is 0 Å². The third kappa shape index (κ3) is 2.47. The molecule has 2 nitrogen and oxygen atoms in total. The summed E-state index contributed by atoms with van der Waals surface area (Å²) in [6, 6.07) is 5.43. The van der Waals surface area contributed by atoms with E-state index in [0.717, 1.165) is 30.0 Å². The highest BCUT2D eigenvalue weighted by Gasteiger charge is 2.22. The van der Waals surface area contributed by atoms with E-state index in [2.05, 4.69) is 4.90 Å². The number of nitrogens with zero attached hydrogens (tertiary/aromatic N) is 1. The number of hydrogen-bond donors (Lipinski definition) is 0. The van der Waals surface area contributed by atoms with Gasteiger partial charge in [-0.05, 0) is 18.2 Å². The number of benzene rings is 1. The quantitative estimate of drug-likeness (QED) is 0.774. The number of halogens is 2. The summed E-state index contributed by atoms with van der Waals surface area (Å²) in [5.41, 5.74) is 0.965. The van der Waals surface area contributed by atoms with E-state index in [9.17, 15) is 4.79 Å². The molecule has 1 aromatic rings. The Hall–Kier alpha value is -0.380. The topological polar surface area (TPSA) is 20.3 Å². The minimum atomic E-state index is -0.0593. The highest BCUT2D eigenvalue weighted by molar-refractivity contribution is 7.99. The fraction of sp³-hybridized carbons (Fsp3) is 0.364. The molecule has 1 saturated heterocycles. The van der Waals surface area contributed by atoms with Gasteiger partial charge in [0.1, 0.15) is 6.29 Å². The smallest absolute Gasteiger partial charge is 0.143 e. The second kappa shape index (κ2) is 5.30. The van der Waals surface area contributed by atoms with Crippen LogP contribution in [0.15, 0.2) is 18.2 Å². The number of carbonyl (C=O) groups is 1. The minimum absolute atomic E-state index is 0.0593. The summed E-state index contributed by atoms with van der Waals surface area (Å²) in [7, 11) is 0. The zero-order valence-corrected chi connectivity index (χ0v) is 10.9. The number of anilines is 1. The molecular formula is C11H11Cl2NOS. The lowest BCUT2D eigenvalue weighted by Crippen LogP contribution is -2.43. The fourth-order valence-electron chi connectivity index (χ4n) is 1.72. The molecule has 0 saturated carbocycles. The molecule has 1 unspecified atom stereocenters. The maximum Gasteiger partial charge on any atom is 0.143 e. The first-order valence-corrected chi connectivity index (χ1v) is 6.88. The molecule has 1 aromatic carbocycles. The van der Waals surface area contributed by atoms with Gasteiger partial charge in [0.2, 0.25) is 0 Å². The van der Waals surface area contributed by atoms with Crippen molar-refractivity contribution in [1.29, 1.82) is 0 Å². The van der Waals surface area contributed by atoms with Crippen molar-refractivity contribution >= 4 is 46.9 Å². The second-order valence-corrected chi connectivity index (χ2v) is 5.53. The summed E-state index contributed by atoms with van der Waals surface area (Å²) >= 11 is 13.6. The van der Waals surface area contributed by atoms with Crippen LogP contribution in [0.1, 0.15) is 0 Å². The van der Waals surface area contributed by atoms with Gasteiger partial charge in [0, 0.05) is 23.7 Å². The number of carbonyl (C=O) groups excluding carboxylic acids is 1. The molecule has 5 heteroatoms. The van der Waals surface area contributed by atoms with Crippen molar-refractivity contribution < 1.29 is 4.79 Å². The molecule has 0 N–H and O–H groups in total. The Morgan fingerprint density at radius 3 is 2.88 bits per heavy atom. The van der Waals surface area contributed by atoms with Gasteiger partial charge in [-0.3, -0.25) is 0 Å². The molecule has 0 bridgehead atoms. The van der Waals surface area contributed by atoms with Crippen LogP contribution in [0.2, 0.25) is 10.0 Å². The second-order valence-electron chi connectivity index (χ2n) is 3.57. The van der Waals surface area contributed by atoms with Gasteiger partial charge in [-0.25, -0.2) is 0 Å². The van der Waals surface area contributed by atoms with Crippen molar-refractivity contribution in [3.63, 3.8) is 0 Å². The molecule has 2 rings (SSSR count). The average Bonchev–Trinajstić information content (AvgIpc) is 2.32. The summed E-state index contributed by atoms with van der Waals surface area (Å²) < 4.78 is 0. The zero-order chi connectivity index (χ0) is 11.5. The van der Waals surface area contributed by atoms with E-state index in [-0.39, 0.29) is 6.04 Å². The zero-order valence-electron chi connectivity index (χ0n) is 8.53. The molecule has 1 aliphatic rings. The Balaban J connectivity index is 2.27. The summed E-state index contributed by atoms with van der Waals surface area (Å²) in [6.07, 6.45) is 0.995. The van der Waals surface area contributed by atoms with Crippen LogP contribution >= 0.6 is 35.0 Å². The Morgan fingerprint density at radius 1 is 1.38 bits per heavy atom. The first-order valence-electron chi connectivity index (χ1n) is 4.97. The summed E-state index contributed by atoms with van der Waals surface area (Å²) in [6.45, 7) is 0.867. The van der Waals surface area contributed by atoms with E-state index in [4.69, 9.17) is 23.2 Å². The molecule has 1 heterocycles. The van der Waals surface area contributed by atoms with E-state index < -0.39 is 0 Å². The first-order chi connectivity index (χ1) is 7.72. The van der Waals surface area contributed by atoms with Crippen LogP contribution in [-0.2, 0) is 4.79 Å². The van der Waals surface area contributed by atoms with E-state index in [0.29, 0.717) is 10.0 Å². The van der Waals surface area contributed by atoms with Crippen molar-refractivity contribution in [1.82, 2.24) is 0 Å². The SMILES string of the molecule is O=CC1CSCCN1c1ccc(Cl)c(Cl)c1. The van der Waals surface area contributed by atoms with Gasteiger partial charge in [0.05, 0.1) is 16.1 Å². The number of aldehydes is 1. The maximum atomic E-state index is 11.0. The molecule has 0 radical (unpaired) electrons. The van der Waals surface area contributed by atoms with Gasteiger partial charge < -0.3 is 9.69 Å². The lowest BCUT2D eigenvalue weighted by atomic mass is 10.2. The van der Waals surface area contributed by atoms with Crippen molar-refractivity contribution in [3.05, 3.63) is 28.2 Å². The minimum Gasteiger partial charge on any atom is -0.360 e. The van der Waals surface area contributed by atoms with Gasteiger partial charge in [-0.15, -0.1) is 0 Å². The molecule has 0 amide bonds. The maximum absolute atomic E-state index is 11.0. The van der Waals surface area contributed by atoms with Gasteiger partial charge in [-0.2, -0.15) is 11.8 Å². The van der Waals surface area contributed by atoms with Crippen LogP contribution in [0.5, 0.6) is 0 Å². The predicted octanol–water partition coefficient (Wildman–Crippen LogP) is 3.11. The van der Waals surface area contributed by atoms with E-state index in [1.807, 2.05) is 12.1 Å². The molecule has 0 spiro atoms. The van der Waals surface area contributed by atoms with Gasteiger partial charge in [-0.1, -0.05) is 23.2 Å². The summed E-state index contributed by atoms with van der Waals surface area (Å²) in [4.78, 5) is 13.1. The largest absolute Gasteiger partial charge is 0.360 e. The Morgan fingerprint density at radius 2 is 2.19 bits per heavy atom. The number of thioether (sulfide) groups is 1. The average molecular weight is 276 g/mol. The molecule has 16 heavy (non-hydrogen) atoms. The van der Waals surface area contributed by atoms with Crippen molar-refractivity contribution in [2.45, 2.75) is 6.04 Å². The standard InChI is InChI=1S/C11H11Cl2NOS/c12-10-2-1-8(5-11(10)13)14-3-4-16-7-9(14)6-15/h1-2,5-6,9H,3-4,7H2.